The highest BCUT2D eigenvalue weighted by Crippen LogP contribution is 2.09. The number of carboxylic acids is 1. The first-order chi connectivity index (χ1) is 10.2. The maximum Gasteiger partial charge on any atom is 0.303 e. The maximum absolute atomic E-state index is 10.3. The van der Waals surface area contributed by atoms with E-state index in [1.165, 1.54) is 19.3 Å². The fraction of sp³-hybridized carbons (Fsp3) is 0.722. The van der Waals surface area contributed by atoms with Crippen LogP contribution in [0.4, 0.5) is 0 Å². The monoisotopic (exact) mass is 296 g/mol. The predicted octanol–water partition coefficient (Wildman–Crippen LogP) is 5.77. The molecular formula is C18H32O3. The number of carboxylic acid groups (broad SMARTS) is 1. The zero-order valence-corrected chi connectivity index (χ0v) is 13.5. The quantitative estimate of drug-likeness (QED) is 0.243. The van der Waals surface area contributed by atoms with Crippen LogP contribution in [0.25, 0.3) is 0 Å². The molecule has 0 amide bonds. The van der Waals surface area contributed by atoms with Gasteiger partial charge < -0.3 is 10.2 Å². The Hall–Kier alpha value is -1.25. The zero-order chi connectivity index (χ0) is 15.8. The van der Waals surface area contributed by atoms with Gasteiger partial charge in [0.2, 0.25) is 0 Å². The van der Waals surface area contributed by atoms with Gasteiger partial charge in [0.1, 0.15) is 0 Å². The molecule has 0 saturated heterocycles. The van der Waals surface area contributed by atoms with E-state index < -0.39 is 5.97 Å². The number of hydrogen-bond donors (Lipinski definition) is 2. The molecule has 0 radical (unpaired) electrons. The molecule has 0 heterocycles. The highest BCUT2D eigenvalue weighted by Gasteiger charge is 1.96. The van der Waals surface area contributed by atoms with Crippen LogP contribution in [0.3, 0.4) is 0 Å². The van der Waals surface area contributed by atoms with E-state index in [0.29, 0.717) is 12.2 Å². The van der Waals surface area contributed by atoms with Crippen molar-refractivity contribution in [2.24, 2.45) is 0 Å². The molecule has 2 N–H and O–H groups in total. The Morgan fingerprint density at radius 3 is 2.24 bits per heavy atom. The molecule has 0 bridgehead atoms. The van der Waals surface area contributed by atoms with Crippen LogP contribution in [0, 0.1) is 0 Å². The number of unbranched alkanes of at least 4 members (excludes halogenated alkanes) is 7. The van der Waals surface area contributed by atoms with Crippen molar-refractivity contribution in [3.63, 3.8) is 0 Å². The lowest BCUT2D eigenvalue weighted by Gasteiger charge is -1.99. The highest BCUT2D eigenvalue weighted by molar-refractivity contribution is 5.66. The molecule has 0 aromatic carbocycles. The summed E-state index contributed by atoms with van der Waals surface area (Å²) in [7, 11) is 0. The van der Waals surface area contributed by atoms with E-state index in [1.54, 1.807) is 0 Å². The van der Waals surface area contributed by atoms with Crippen molar-refractivity contribution < 1.29 is 15.0 Å². The minimum atomic E-state index is -0.691. The van der Waals surface area contributed by atoms with Crippen molar-refractivity contribution in [3.05, 3.63) is 24.0 Å². The standard InChI is InChI=1S/C18H32O3/c1-2-3-11-14-17(19)15-12-9-7-5-4-6-8-10-13-16-18(20)21/h7,9,15,19H,2-6,8,10-14,16H2,1H3,(H,20,21)/b9-7-,17-15-. The summed E-state index contributed by atoms with van der Waals surface area (Å²) in [5.74, 6) is -0.171. The van der Waals surface area contributed by atoms with Gasteiger partial charge in [-0.1, -0.05) is 51.2 Å². The second-order valence-corrected chi connectivity index (χ2v) is 5.56. The topological polar surface area (TPSA) is 57.5 Å². The van der Waals surface area contributed by atoms with Gasteiger partial charge in [-0.25, -0.2) is 0 Å². The van der Waals surface area contributed by atoms with Crippen LogP contribution in [0.5, 0.6) is 0 Å². The summed E-state index contributed by atoms with van der Waals surface area (Å²) in [6.45, 7) is 2.16. The van der Waals surface area contributed by atoms with Gasteiger partial charge in [-0.3, -0.25) is 4.79 Å². The van der Waals surface area contributed by atoms with Gasteiger partial charge in [-0.05, 0) is 38.2 Å². The lowest BCUT2D eigenvalue weighted by molar-refractivity contribution is -0.137. The molecular weight excluding hydrogens is 264 g/mol. The number of allylic oxidation sites excluding steroid dienone is 4. The molecule has 0 aromatic heterocycles. The Balaban J connectivity index is 3.36. The van der Waals surface area contributed by atoms with Crippen molar-refractivity contribution in [2.75, 3.05) is 0 Å². The molecule has 21 heavy (non-hydrogen) atoms. The van der Waals surface area contributed by atoms with Gasteiger partial charge >= 0.3 is 5.97 Å². The van der Waals surface area contributed by atoms with E-state index in [4.69, 9.17) is 5.11 Å². The maximum atomic E-state index is 10.3. The summed E-state index contributed by atoms with van der Waals surface area (Å²) in [5.41, 5.74) is 0. The third kappa shape index (κ3) is 16.7. The summed E-state index contributed by atoms with van der Waals surface area (Å²) < 4.78 is 0. The SMILES string of the molecule is CCCCC/C(O)=C/C/C=C\CCCCCCCC(=O)O. The van der Waals surface area contributed by atoms with Crippen LogP contribution in [-0.2, 0) is 4.79 Å². The van der Waals surface area contributed by atoms with Gasteiger partial charge in [-0.2, -0.15) is 0 Å². The fourth-order valence-electron chi connectivity index (χ4n) is 2.15. The first-order valence-electron chi connectivity index (χ1n) is 8.41. The Labute approximate surface area is 129 Å². The Morgan fingerprint density at radius 1 is 0.857 bits per heavy atom. The predicted molar refractivity (Wildman–Crippen MR) is 88.6 cm³/mol. The Kier molecular flexibility index (Phi) is 14.2. The van der Waals surface area contributed by atoms with Gasteiger partial charge in [0.25, 0.3) is 0 Å². The summed E-state index contributed by atoms with van der Waals surface area (Å²) >= 11 is 0. The normalized spacial score (nSPS) is 12.1. The number of aliphatic carboxylic acids is 1. The van der Waals surface area contributed by atoms with Crippen molar-refractivity contribution in [2.45, 2.75) is 84.0 Å². The van der Waals surface area contributed by atoms with Gasteiger partial charge in [0.05, 0.1) is 5.76 Å². The minimum absolute atomic E-state index is 0.300. The molecule has 0 aliphatic heterocycles. The molecule has 0 spiro atoms. The molecule has 0 aromatic rings. The van der Waals surface area contributed by atoms with E-state index in [9.17, 15) is 9.90 Å². The second-order valence-electron chi connectivity index (χ2n) is 5.56. The Bertz CT molecular complexity index is 306. The average Bonchev–Trinajstić information content (AvgIpc) is 2.44. The molecule has 3 heteroatoms. The molecule has 0 saturated carbocycles. The van der Waals surface area contributed by atoms with Crippen LogP contribution in [-0.4, -0.2) is 16.2 Å². The summed E-state index contributed by atoms with van der Waals surface area (Å²) in [6.07, 6.45) is 17.9. The average molecular weight is 296 g/mol. The molecule has 0 aliphatic rings. The number of aliphatic hydroxyl groups is 1. The first kappa shape index (κ1) is 19.8. The fourth-order valence-corrected chi connectivity index (χ4v) is 2.15. The highest BCUT2D eigenvalue weighted by atomic mass is 16.4. The van der Waals surface area contributed by atoms with Crippen LogP contribution in [0.15, 0.2) is 24.0 Å². The summed E-state index contributed by atoms with van der Waals surface area (Å²) in [4.78, 5) is 10.3. The smallest absolute Gasteiger partial charge is 0.303 e. The number of carbonyl (C=O) groups is 1. The second kappa shape index (κ2) is 15.1. The summed E-state index contributed by atoms with van der Waals surface area (Å²) in [6, 6.07) is 0. The lowest BCUT2D eigenvalue weighted by atomic mass is 10.1. The minimum Gasteiger partial charge on any atom is -0.513 e. The van der Waals surface area contributed by atoms with Crippen LogP contribution in [0.1, 0.15) is 84.0 Å². The van der Waals surface area contributed by atoms with E-state index in [1.807, 2.05) is 6.08 Å². The van der Waals surface area contributed by atoms with Crippen molar-refractivity contribution in [1.29, 1.82) is 0 Å². The van der Waals surface area contributed by atoms with Crippen molar-refractivity contribution in [3.8, 4) is 0 Å². The van der Waals surface area contributed by atoms with E-state index in [2.05, 4.69) is 19.1 Å². The number of rotatable bonds is 14. The van der Waals surface area contributed by atoms with E-state index in [0.717, 1.165) is 51.4 Å². The van der Waals surface area contributed by atoms with Crippen molar-refractivity contribution in [1.82, 2.24) is 0 Å². The van der Waals surface area contributed by atoms with E-state index >= 15 is 0 Å². The molecule has 0 unspecified atom stereocenters. The number of aliphatic hydroxyl groups excluding tert-OH is 1. The van der Waals surface area contributed by atoms with E-state index in [-0.39, 0.29) is 0 Å². The molecule has 0 aliphatic carbocycles. The van der Waals surface area contributed by atoms with Crippen LogP contribution in [0.2, 0.25) is 0 Å². The first-order valence-corrected chi connectivity index (χ1v) is 8.41. The lowest BCUT2D eigenvalue weighted by Crippen LogP contribution is -1.93. The molecule has 0 fully saturated rings. The largest absolute Gasteiger partial charge is 0.513 e. The van der Waals surface area contributed by atoms with Gasteiger partial charge in [0.15, 0.2) is 0 Å². The number of hydrogen-bond acceptors (Lipinski definition) is 2. The van der Waals surface area contributed by atoms with Gasteiger partial charge in [-0.15, -0.1) is 0 Å². The zero-order valence-electron chi connectivity index (χ0n) is 13.5. The van der Waals surface area contributed by atoms with Crippen LogP contribution >= 0.6 is 0 Å². The molecule has 122 valence electrons. The molecule has 3 nitrogen and oxygen atoms in total. The third-order valence-electron chi connectivity index (χ3n) is 3.45. The molecule has 0 atom stereocenters. The van der Waals surface area contributed by atoms with Crippen LogP contribution < -0.4 is 0 Å². The van der Waals surface area contributed by atoms with Crippen molar-refractivity contribution >= 4 is 5.97 Å². The third-order valence-corrected chi connectivity index (χ3v) is 3.45. The Morgan fingerprint density at radius 2 is 1.52 bits per heavy atom. The molecule has 0 rings (SSSR count). The van der Waals surface area contributed by atoms with Gasteiger partial charge in [0, 0.05) is 12.8 Å². The summed E-state index contributed by atoms with van der Waals surface area (Å²) in [5, 5.41) is 18.1.